The van der Waals surface area contributed by atoms with Crippen LogP contribution in [0.2, 0.25) is 0 Å². The molecule has 0 aromatic carbocycles. The molecule has 0 aromatic rings. The topological polar surface area (TPSA) is 0 Å². The summed E-state index contributed by atoms with van der Waals surface area (Å²) < 4.78 is 0. The van der Waals surface area contributed by atoms with Crippen LogP contribution in [0.3, 0.4) is 0 Å². The quantitative estimate of drug-likeness (QED) is 0.438. The molecule has 0 bridgehead atoms. The Labute approximate surface area is 70.7 Å². The van der Waals surface area contributed by atoms with Gasteiger partial charge >= 0.3 is 18.9 Å². The van der Waals surface area contributed by atoms with E-state index in [-0.39, 0.29) is 20.3 Å². The molecule has 0 spiro atoms. The van der Waals surface area contributed by atoms with Crippen molar-refractivity contribution >= 4 is 0 Å². The zero-order valence-electron chi connectivity index (χ0n) is 7.35. The van der Waals surface area contributed by atoms with Crippen molar-refractivity contribution in [3.8, 4) is 0 Å². The molecule has 0 amide bonds. The molecule has 0 unspecified atom stereocenters. The molecular formula is C8H13Li. The summed E-state index contributed by atoms with van der Waals surface area (Å²) in [7, 11) is 0. The largest absolute Gasteiger partial charge is 1.00 e. The van der Waals surface area contributed by atoms with Crippen LogP contribution < -0.4 is 18.9 Å². The molecule has 0 heterocycles. The van der Waals surface area contributed by atoms with Gasteiger partial charge in [-0.05, 0) is 12.8 Å². The van der Waals surface area contributed by atoms with Gasteiger partial charge in [0.2, 0.25) is 0 Å². The predicted molar refractivity (Wildman–Crippen MR) is 37.9 cm³/mol. The molecular weight excluding hydrogens is 103 g/mol. The van der Waals surface area contributed by atoms with E-state index in [4.69, 9.17) is 0 Å². The minimum atomic E-state index is 0. The number of rotatable bonds is 2. The second-order valence-corrected chi connectivity index (χ2v) is 2.21. The van der Waals surface area contributed by atoms with Crippen LogP contribution in [0.1, 0.15) is 27.6 Å². The maximum absolute atomic E-state index is 2.23. The first kappa shape index (κ1) is 9.08. The first-order valence-corrected chi connectivity index (χ1v) is 3.28. The van der Waals surface area contributed by atoms with Crippen molar-refractivity contribution in [3.63, 3.8) is 0 Å². The molecule has 0 saturated carbocycles. The molecule has 1 rings (SSSR count). The fourth-order valence-electron chi connectivity index (χ4n) is 0.998. The molecule has 0 aromatic heterocycles. The Morgan fingerprint density at radius 1 is 1.67 bits per heavy atom. The maximum Gasteiger partial charge on any atom is 1.00 e. The van der Waals surface area contributed by atoms with E-state index in [0.29, 0.717) is 0 Å². The van der Waals surface area contributed by atoms with Gasteiger partial charge in [-0.3, -0.25) is 0 Å². The Morgan fingerprint density at radius 3 is 2.89 bits per heavy atom. The van der Waals surface area contributed by atoms with Crippen molar-refractivity contribution in [2.45, 2.75) is 26.2 Å². The van der Waals surface area contributed by atoms with Crippen molar-refractivity contribution < 1.29 is 20.3 Å². The van der Waals surface area contributed by atoms with Gasteiger partial charge in [0, 0.05) is 0 Å². The van der Waals surface area contributed by atoms with E-state index in [9.17, 15) is 0 Å². The fourth-order valence-corrected chi connectivity index (χ4v) is 0.998. The van der Waals surface area contributed by atoms with E-state index in [1.807, 2.05) is 0 Å². The molecule has 1 aliphatic carbocycles. The van der Waals surface area contributed by atoms with E-state index in [2.05, 4.69) is 25.2 Å². The zero-order chi connectivity index (χ0) is 5.82. The monoisotopic (exact) mass is 116 g/mol. The van der Waals surface area contributed by atoms with Crippen LogP contribution >= 0.6 is 0 Å². The Bertz CT molecular complexity index is 127. The van der Waals surface area contributed by atoms with E-state index < -0.39 is 0 Å². The standard InChI is InChI=1S/C8H12.Li.H/c1-2-5-8-6-3-4-7-8;;/h3-4,6H,2,5,7H2,1H3;;/q;+1;-1. The van der Waals surface area contributed by atoms with Crippen LogP contribution in [-0.2, 0) is 0 Å². The summed E-state index contributed by atoms with van der Waals surface area (Å²) in [4.78, 5) is 0. The molecule has 0 nitrogen and oxygen atoms in total. The minimum absolute atomic E-state index is 0. The van der Waals surface area contributed by atoms with Crippen LogP contribution in [0.5, 0.6) is 0 Å². The van der Waals surface area contributed by atoms with Gasteiger partial charge in [0.05, 0.1) is 0 Å². The molecule has 0 saturated heterocycles. The van der Waals surface area contributed by atoms with Gasteiger partial charge in [0.1, 0.15) is 0 Å². The number of hydrogen-bond donors (Lipinski definition) is 0. The summed E-state index contributed by atoms with van der Waals surface area (Å²) >= 11 is 0. The Balaban J connectivity index is 0. The molecule has 9 heavy (non-hydrogen) atoms. The molecule has 0 aliphatic heterocycles. The van der Waals surface area contributed by atoms with Gasteiger partial charge in [-0.1, -0.05) is 37.1 Å². The summed E-state index contributed by atoms with van der Waals surface area (Å²) in [6.07, 6.45) is 10.4. The van der Waals surface area contributed by atoms with Crippen molar-refractivity contribution in [3.05, 3.63) is 23.8 Å². The Hall–Kier alpha value is 0.0774. The predicted octanol–water partition coefficient (Wildman–Crippen LogP) is -0.211. The zero-order valence-corrected chi connectivity index (χ0v) is 6.35. The second kappa shape index (κ2) is 4.91. The van der Waals surface area contributed by atoms with Crippen molar-refractivity contribution in [2.24, 2.45) is 0 Å². The van der Waals surface area contributed by atoms with Crippen molar-refractivity contribution in [1.29, 1.82) is 0 Å². The maximum atomic E-state index is 2.23. The fraction of sp³-hybridized carbons (Fsp3) is 0.500. The van der Waals surface area contributed by atoms with Gasteiger partial charge in [-0.2, -0.15) is 0 Å². The third-order valence-electron chi connectivity index (χ3n) is 1.42. The van der Waals surface area contributed by atoms with E-state index in [1.54, 1.807) is 5.57 Å². The summed E-state index contributed by atoms with van der Waals surface area (Å²) in [5, 5.41) is 0. The van der Waals surface area contributed by atoms with E-state index >= 15 is 0 Å². The van der Waals surface area contributed by atoms with Crippen LogP contribution in [0.25, 0.3) is 0 Å². The van der Waals surface area contributed by atoms with Gasteiger partial charge in [-0.15, -0.1) is 0 Å². The van der Waals surface area contributed by atoms with Gasteiger partial charge < -0.3 is 1.43 Å². The molecule has 46 valence electrons. The second-order valence-electron chi connectivity index (χ2n) is 2.21. The number of hydrogen-bond acceptors (Lipinski definition) is 0. The van der Waals surface area contributed by atoms with Crippen molar-refractivity contribution in [1.82, 2.24) is 0 Å². The molecule has 0 radical (unpaired) electrons. The molecule has 0 fully saturated rings. The first-order chi connectivity index (χ1) is 3.93. The molecule has 1 aliphatic rings. The smallest absolute Gasteiger partial charge is 1.00 e. The summed E-state index contributed by atoms with van der Waals surface area (Å²) in [6.45, 7) is 2.22. The van der Waals surface area contributed by atoms with E-state index in [1.165, 1.54) is 19.3 Å². The van der Waals surface area contributed by atoms with Crippen LogP contribution in [0.15, 0.2) is 23.8 Å². The Kier molecular flexibility index (Phi) is 4.95. The van der Waals surface area contributed by atoms with Gasteiger partial charge in [-0.25, -0.2) is 0 Å². The van der Waals surface area contributed by atoms with Crippen LogP contribution in [0.4, 0.5) is 0 Å². The number of allylic oxidation sites excluding steroid dienone is 4. The average Bonchev–Trinajstić information content (AvgIpc) is 2.19. The summed E-state index contributed by atoms with van der Waals surface area (Å²) in [5.41, 5.74) is 1.59. The SMILES string of the molecule is CCCC1=CC=CC1.[H-].[Li+]. The third-order valence-corrected chi connectivity index (χ3v) is 1.42. The Morgan fingerprint density at radius 2 is 2.44 bits per heavy atom. The van der Waals surface area contributed by atoms with Crippen LogP contribution in [-0.4, -0.2) is 0 Å². The van der Waals surface area contributed by atoms with Gasteiger partial charge in [0.25, 0.3) is 0 Å². The van der Waals surface area contributed by atoms with Crippen LogP contribution in [0, 0.1) is 0 Å². The third kappa shape index (κ3) is 2.94. The first-order valence-electron chi connectivity index (χ1n) is 3.28. The minimum Gasteiger partial charge on any atom is -1.00 e. The molecule has 1 heteroatoms. The average molecular weight is 116 g/mol. The van der Waals surface area contributed by atoms with E-state index in [0.717, 1.165) is 0 Å². The molecule has 0 atom stereocenters. The molecule has 0 N–H and O–H groups in total. The normalized spacial score (nSPS) is 15.0. The summed E-state index contributed by atoms with van der Waals surface area (Å²) in [6, 6.07) is 0. The summed E-state index contributed by atoms with van der Waals surface area (Å²) in [5.74, 6) is 0. The van der Waals surface area contributed by atoms with Crippen molar-refractivity contribution in [2.75, 3.05) is 0 Å². The van der Waals surface area contributed by atoms with Gasteiger partial charge in [0.15, 0.2) is 0 Å².